The van der Waals surface area contributed by atoms with Crippen molar-refractivity contribution in [3.05, 3.63) is 52.7 Å². The third-order valence-electron chi connectivity index (χ3n) is 4.76. The fourth-order valence-corrected chi connectivity index (χ4v) is 4.20. The first-order chi connectivity index (χ1) is 12.9. The monoisotopic (exact) mass is 390 g/mol. The number of ether oxygens (including phenoxy) is 1. The summed E-state index contributed by atoms with van der Waals surface area (Å²) in [6, 6.07) is 7.32. The van der Waals surface area contributed by atoms with Crippen molar-refractivity contribution in [2.45, 2.75) is 31.1 Å². The summed E-state index contributed by atoms with van der Waals surface area (Å²) in [5.41, 5.74) is 5.29. The number of rotatable bonds is 6. The van der Waals surface area contributed by atoms with Crippen molar-refractivity contribution in [2.24, 2.45) is 5.73 Å². The molecule has 142 valence electrons. The number of thiophene rings is 1. The van der Waals surface area contributed by atoms with E-state index in [1.54, 1.807) is 17.5 Å². The Bertz CT molecular complexity index is 857. The van der Waals surface area contributed by atoms with Crippen LogP contribution in [0.15, 0.2) is 35.7 Å². The van der Waals surface area contributed by atoms with E-state index in [0.29, 0.717) is 23.4 Å². The van der Waals surface area contributed by atoms with Crippen LogP contribution in [0.1, 0.15) is 41.6 Å². The van der Waals surface area contributed by atoms with Gasteiger partial charge in [0.25, 0.3) is 11.8 Å². The van der Waals surface area contributed by atoms with Crippen molar-refractivity contribution in [1.29, 1.82) is 0 Å². The number of benzene rings is 1. The van der Waals surface area contributed by atoms with E-state index in [4.69, 9.17) is 10.5 Å². The van der Waals surface area contributed by atoms with Gasteiger partial charge in [0.2, 0.25) is 0 Å². The zero-order valence-corrected chi connectivity index (χ0v) is 15.3. The maximum Gasteiger partial charge on any atom is 0.317 e. The molecule has 3 N–H and O–H groups in total. The highest BCUT2D eigenvalue weighted by molar-refractivity contribution is 7.14. The van der Waals surface area contributed by atoms with Gasteiger partial charge in [-0.05, 0) is 42.0 Å². The van der Waals surface area contributed by atoms with Crippen LogP contribution in [0.4, 0.5) is 9.39 Å². The van der Waals surface area contributed by atoms with Crippen LogP contribution in [-0.4, -0.2) is 24.4 Å². The van der Waals surface area contributed by atoms with E-state index in [1.165, 1.54) is 18.2 Å². The van der Waals surface area contributed by atoms with Gasteiger partial charge in [0.05, 0.1) is 11.0 Å². The Morgan fingerprint density at radius 3 is 2.44 bits per heavy atom. The Morgan fingerprint density at radius 2 is 1.81 bits per heavy atom. The van der Waals surface area contributed by atoms with E-state index in [-0.39, 0.29) is 11.4 Å². The predicted molar refractivity (Wildman–Crippen MR) is 99.0 cm³/mol. The highest BCUT2D eigenvalue weighted by Crippen LogP contribution is 2.42. The Hall–Kier alpha value is -2.74. The van der Waals surface area contributed by atoms with Crippen LogP contribution in [0.25, 0.3) is 0 Å². The zero-order chi connectivity index (χ0) is 19.4. The largest absolute Gasteiger partial charge is 0.455 e. The fraction of sp³-hybridized carbons (Fsp3) is 0.316. The number of anilines is 1. The first-order valence-electron chi connectivity index (χ1n) is 8.53. The van der Waals surface area contributed by atoms with E-state index < -0.39 is 29.8 Å². The summed E-state index contributed by atoms with van der Waals surface area (Å²) in [6.45, 7) is -0.474. The molecule has 1 saturated carbocycles. The molecule has 8 heteroatoms. The van der Waals surface area contributed by atoms with Crippen LogP contribution in [-0.2, 0) is 19.7 Å². The van der Waals surface area contributed by atoms with E-state index in [1.807, 2.05) is 0 Å². The normalized spacial score (nSPS) is 15.3. The second-order valence-electron chi connectivity index (χ2n) is 6.45. The molecule has 6 nitrogen and oxygen atoms in total. The molecule has 1 heterocycles. The number of halogens is 1. The molecule has 0 atom stereocenters. The highest BCUT2D eigenvalue weighted by atomic mass is 32.1. The third kappa shape index (κ3) is 4.00. The van der Waals surface area contributed by atoms with Crippen molar-refractivity contribution in [3.63, 3.8) is 0 Å². The molecule has 0 radical (unpaired) electrons. The Kier molecular flexibility index (Phi) is 5.55. The summed E-state index contributed by atoms with van der Waals surface area (Å²) >= 11 is 1.15. The van der Waals surface area contributed by atoms with E-state index >= 15 is 0 Å². The van der Waals surface area contributed by atoms with E-state index in [2.05, 4.69) is 5.32 Å². The minimum Gasteiger partial charge on any atom is -0.455 e. The molecule has 0 saturated heterocycles. The second kappa shape index (κ2) is 7.87. The number of amides is 2. The molecule has 2 amide bonds. The lowest BCUT2D eigenvalue weighted by Gasteiger charge is -2.27. The van der Waals surface area contributed by atoms with Gasteiger partial charge in [-0.2, -0.15) is 0 Å². The summed E-state index contributed by atoms with van der Waals surface area (Å²) in [4.78, 5) is 36.2. The molecule has 0 bridgehead atoms. The summed E-state index contributed by atoms with van der Waals surface area (Å²) < 4.78 is 18.5. The van der Waals surface area contributed by atoms with Crippen LogP contribution in [0.5, 0.6) is 0 Å². The molecular weight excluding hydrogens is 371 g/mol. The van der Waals surface area contributed by atoms with Crippen LogP contribution in [0, 0.1) is 5.82 Å². The fourth-order valence-electron chi connectivity index (χ4n) is 3.39. The number of hydrogen-bond donors (Lipinski definition) is 2. The molecular formula is C19H19FN2O4S. The predicted octanol–water partition coefficient (Wildman–Crippen LogP) is 2.98. The van der Waals surface area contributed by atoms with Crippen LogP contribution in [0.3, 0.4) is 0 Å². The van der Waals surface area contributed by atoms with Gasteiger partial charge in [-0.25, -0.2) is 4.39 Å². The lowest BCUT2D eigenvalue weighted by molar-refractivity contribution is -0.153. The van der Waals surface area contributed by atoms with Crippen molar-refractivity contribution in [1.82, 2.24) is 0 Å². The van der Waals surface area contributed by atoms with Gasteiger partial charge in [0, 0.05) is 0 Å². The number of nitrogens with two attached hydrogens (primary N) is 1. The van der Waals surface area contributed by atoms with Crippen LogP contribution >= 0.6 is 11.3 Å². The molecule has 3 rings (SSSR count). The molecule has 1 aromatic heterocycles. The lowest BCUT2D eigenvalue weighted by atomic mass is 9.79. The maximum absolute atomic E-state index is 13.2. The molecule has 0 unspecified atom stereocenters. The summed E-state index contributed by atoms with van der Waals surface area (Å²) in [5, 5.41) is 4.48. The van der Waals surface area contributed by atoms with Gasteiger partial charge in [-0.3, -0.25) is 14.4 Å². The smallest absolute Gasteiger partial charge is 0.317 e. The van der Waals surface area contributed by atoms with E-state index in [0.717, 1.165) is 24.2 Å². The molecule has 1 fully saturated rings. The van der Waals surface area contributed by atoms with Gasteiger partial charge >= 0.3 is 5.97 Å². The van der Waals surface area contributed by atoms with Gasteiger partial charge in [-0.1, -0.05) is 25.0 Å². The summed E-state index contributed by atoms with van der Waals surface area (Å²) in [5.74, 6) is -2.07. The van der Waals surface area contributed by atoms with Crippen molar-refractivity contribution in [2.75, 3.05) is 11.9 Å². The quantitative estimate of drug-likeness (QED) is 0.741. The Balaban J connectivity index is 1.66. The number of carbonyl (C=O) groups is 3. The lowest BCUT2D eigenvalue weighted by Crippen LogP contribution is -2.36. The average molecular weight is 390 g/mol. The van der Waals surface area contributed by atoms with Gasteiger partial charge < -0.3 is 15.8 Å². The Morgan fingerprint density at radius 1 is 1.15 bits per heavy atom. The molecule has 27 heavy (non-hydrogen) atoms. The van der Waals surface area contributed by atoms with Crippen LogP contribution in [0.2, 0.25) is 0 Å². The topological polar surface area (TPSA) is 98.5 Å². The first-order valence-corrected chi connectivity index (χ1v) is 9.41. The average Bonchev–Trinajstić information content (AvgIpc) is 3.30. The Labute approximate surface area is 159 Å². The molecule has 0 spiro atoms. The van der Waals surface area contributed by atoms with Crippen molar-refractivity contribution < 1.29 is 23.5 Å². The molecule has 0 aliphatic heterocycles. The SMILES string of the molecule is NC(=O)c1ccsc1NC(=O)COC(=O)C1(c2ccc(F)cc2)CCCC1. The molecule has 1 aliphatic carbocycles. The number of carbonyl (C=O) groups excluding carboxylic acids is 3. The number of hydrogen-bond acceptors (Lipinski definition) is 5. The summed E-state index contributed by atoms with van der Waals surface area (Å²) in [6.07, 6.45) is 2.90. The number of primary amides is 1. The van der Waals surface area contributed by atoms with Crippen LogP contribution < -0.4 is 11.1 Å². The number of esters is 1. The molecule has 2 aromatic rings. The minimum absolute atomic E-state index is 0.207. The second-order valence-corrected chi connectivity index (χ2v) is 7.36. The van der Waals surface area contributed by atoms with Gasteiger partial charge in [-0.15, -0.1) is 11.3 Å². The highest BCUT2D eigenvalue weighted by Gasteiger charge is 2.44. The van der Waals surface area contributed by atoms with Crippen molar-refractivity contribution >= 4 is 34.1 Å². The summed E-state index contributed by atoms with van der Waals surface area (Å²) in [7, 11) is 0. The maximum atomic E-state index is 13.2. The van der Waals surface area contributed by atoms with Crippen molar-refractivity contribution in [3.8, 4) is 0 Å². The molecule has 1 aliphatic rings. The third-order valence-corrected chi connectivity index (χ3v) is 5.59. The van der Waals surface area contributed by atoms with Gasteiger partial charge in [0.1, 0.15) is 10.8 Å². The minimum atomic E-state index is -0.852. The first kappa shape index (κ1) is 19.0. The number of nitrogens with one attached hydrogen (secondary N) is 1. The zero-order valence-electron chi connectivity index (χ0n) is 14.5. The standard InChI is InChI=1S/C19H19FN2O4S/c20-13-5-3-12(4-6-13)19(8-1-2-9-19)18(25)26-11-15(23)22-17-14(16(21)24)7-10-27-17/h3-7,10H,1-2,8-9,11H2,(H2,21,24)(H,22,23). The van der Waals surface area contributed by atoms with Gasteiger partial charge in [0.15, 0.2) is 6.61 Å². The van der Waals surface area contributed by atoms with E-state index in [9.17, 15) is 18.8 Å². The molecule has 1 aromatic carbocycles.